The van der Waals surface area contributed by atoms with Crippen LogP contribution in [0.4, 0.5) is 0 Å². The predicted octanol–water partition coefficient (Wildman–Crippen LogP) is 3.24. The van der Waals surface area contributed by atoms with Crippen molar-refractivity contribution in [2.24, 2.45) is 0 Å². The average molecular weight is 217 g/mol. The number of halogens is 1. The first-order valence-electron chi connectivity index (χ1n) is 4.31. The summed E-state index contributed by atoms with van der Waals surface area (Å²) in [7, 11) is 0. The monoisotopic (exact) mass is 216 g/mol. The van der Waals surface area contributed by atoms with Gasteiger partial charge in [-0.15, -0.1) is 24.2 Å². The number of hydrogen-bond donors (Lipinski definition) is 2. The fraction of sp³-hybridized carbons (Fsp3) is 0.400. The van der Waals surface area contributed by atoms with E-state index in [9.17, 15) is 5.11 Å². The van der Waals surface area contributed by atoms with Crippen molar-refractivity contribution in [1.29, 1.82) is 0 Å². The van der Waals surface area contributed by atoms with Crippen LogP contribution in [0.15, 0.2) is 23.1 Å². The van der Waals surface area contributed by atoms with E-state index in [-0.39, 0.29) is 0 Å². The zero-order valence-corrected chi connectivity index (χ0v) is 8.98. The third kappa shape index (κ3) is 3.49. The highest BCUT2D eigenvalue weighted by Crippen LogP contribution is 2.22. The van der Waals surface area contributed by atoms with E-state index in [1.165, 1.54) is 0 Å². The fourth-order valence-corrected chi connectivity index (χ4v) is 1.56. The van der Waals surface area contributed by atoms with E-state index < -0.39 is 0 Å². The number of unbranched alkanes of at least 4 members (excludes halogenated alkanes) is 1. The average Bonchev–Trinajstić information content (AvgIpc) is 2.09. The molecular formula is C10H13ClOS. The normalized spacial score (nSPS) is 10.3. The smallest absolute Gasteiger partial charge is 0.119 e. The first-order valence-corrected chi connectivity index (χ1v) is 5.29. The molecule has 1 aromatic carbocycles. The van der Waals surface area contributed by atoms with Crippen LogP contribution in [-0.4, -0.2) is 11.0 Å². The molecule has 0 spiro atoms. The zero-order chi connectivity index (χ0) is 9.68. The number of rotatable bonds is 4. The first-order chi connectivity index (χ1) is 6.24. The van der Waals surface area contributed by atoms with Gasteiger partial charge in [-0.05, 0) is 37.0 Å². The van der Waals surface area contributed by atoms with E-state index in [2.05, 4.69) is 12.6 Å². The number of alkyl halides is 1. The van der Waals surface area contributed by atoms with Crippen molar-refractivity contribution in [2.75, 3.05) is 5.88 Å². The van der Waals surface area contributed by atoms with Gasteiger partial charge in [-0.1, -0.05) is 6.07 Å². The Hall–Kier alpha value is -0.340. The van der Waals surface area contributed by atoms with E-state index in [1.54, 1.807) is 6.07 Å². The molecule has 1 nitrogen and oxygen atoms in total. The molecule has 0 bridgehead atoms. The Labute approximate surface area is 89.1 Å². The van der Waals surface area contributed by atoms with E-state index in [0.717, 1.165) is 29.7 Å². The standard InChI is InChI=1S/C10H13ClOS/c11-6-2-1-3-8-4-5-9(13)7-10(8)12/h4-5,7,12-13H,1-3,6H2. The molecule has 0 aliphatic rings. The lowest BCUT2D eigenvalue weighted by atomic mass is 10.1. The molecule has 72 valence electrons. The van der Waals surface area contributed by atoms with Crippen LogP contribution in [0, 0.1) is 0 Å². The minimum absolute atomic E-state index is 0.335. The SMILES string of the molecule is Oc1cc(S)ccc1CCCCCl. The number of benzene rings is 1. The molecule has 1 aromatic rings. The van der Waals surface area contributed by atoms with Gasteiger partial charge in [0, 0.05) is 10.8 Å². The van der Waals surface area contributed by atoms with Gasteiger partial charge >= 0.3 is 0 Å². The van der Waals surface area contributed by atoms with Crippen molar-refractivity contribution < 1.29 is 5.11 Å². The second-order valence-electron chi connectivity index (χ2n) is 2.96. The Bertz CT molecular complexity index is 276. The summed E-state index contributed by atoms with van der Waals surface area (Å²) in [6.07, 6.45) is 2.89. The van der Waals surface area contributed by atoms with Crippen molar-refractivity contribution in [3.05, 3.63) is 23.8 Å². The molecule has 0 aromatic heterocycles. The van der Waals surface area contributed by atoms with Crippen LogP contribution < -0.4 is 0 Å². The molecule has 0 atom stereocenters. The molecule has 1 rings (SSSR count). The lowest BCUT2D eigenvalue weighted by Gasteiger charge is -2.03. The van der Waals surface area contributed by atoms with Gasteiger partial charge in [0.05, 0.1) is 0 Å². The van der Waals surface area contributed by atoms with E-state index >= 15 is 0 Å². The third-order valence-electron chi connectivity index (χ3n) is 1.90. The van der Waals surface area contributed by atoms with Crippen molar-refractivity contribution in [2.45, 2.75) is 24.2 Å². The van der Waals surface area contributed by atoms with Crippen LogP contribution in [-0.2, 0) is 6.42 Å². The quantitative estimate of drug-likeness (QED) is 0.450. The molecule has 13 heavy (non-hydrogen) atoms. The molecule has 0 aliphatic heterocycles. The van der Waals surface area contributed by atoms with Crippen molar-refractivity contribution in [1.82, 2.24) is 0 Å². The number of phenols is 1. The van der Waals surface area contributed by atoms with Gasteiger partial charge in [-0.2, -0.15) is 0 Å². The van der Waals surface area contributed by atoms with Gasteiger partial charge in [-0.3, -0.25) is 0 Å². The zero-order valence-electron chi connectivity index (χ0n) is 7.33. The Morgan fingerprint density at radius 2 is 2.08 bits per heavy atom. The second-order valence-corrected chi connectivity index (χ2v) is 3.85. The number of hydrogen-bond acceptors (Lipinski definition) is 2. The van der Waals surface area contributed by atoms with Crippen LogP contribution in [0.25, 0.3) is 0 Å². The van der Waals surface area contributed by atoms with E-state index in [1.807, 2.05) is 12.1 Å². The minimum atomic E-state index is 0.335. The maximum absolute atomic E-state index is 9.51. The molecule has 0 amide bonds. The molecule has 0 saturated carbocycles. The molecule has 0 aliphatic carbocycles. The van der Waals surface area contributed by atoms with E-state index in [4.69, 9.17) is 11.6 Å². The molecule has 0 unspecified atom stereocenters. The van der Waals surface area contributed by atoms with Gasteiger partial charge in [0.2, 0.25) is 0 Å². The van der Waals surface area contributed by atoms with Gasteiger partial charge in [0.15, 0.2) is 0 Å². The van der Waals surface area contributed by atoms with E-state index in [0.29, 0.717) is 11.6 Å². The second kappa shape index (κ2) is 5.40. The maximum atomic E-state index is 9.51. The molecule has 0 radical (unpaired) electrons. The highest BCUT2D eigenvalue weighted by Gasteiger charge is 2.00. The molecule has 3 heteroatoms. The summed E-state index contributed by atoms with van der Waals surface area (Å²) in [5.74, 6) is 1.02. The number of aromatic hydroxyl groups is 1. The van der Waals surface area contributed by atoms with Crippen LogP contribution in [0.3, 0.4) is 0 Å². The van der Waals surface area contributed by atoms with Gasteiger partial charge in [0.25, 0.3) is 0 Å². The molecule has 1 N–H and O–H groups in total. The van der Waals surface area contributed by atoms with Gasteiger partial charge in [-0.25, -0.2) is 0 Å². The number of phenolic OH excluding ortho intramolecular Hbond substituents is 1. The minimum Gasteiger partial charge on any atom is -0.508 e. The largest absolute Gasteiger partial charge is 0.508 e. The summed E-state index contributed by atoms with van der Waals surface area (Å²) in [6.45, 7) is 0. The summed E-state index contributed by atoms with van der Waals surface area (Å²) in [5.41, 5.74) is 0.975. The Kier molecular flexibility index (Phi) is 4.46. The van der Waals surface area contributed by atoms with Crippen molar-refractivity contribution in [3.8, 4) is 5.75 Å². The Morgan fingerprint density at radius 3 is 2.69 bits per heavy atom. The van der Waals surface area contributed by atoms with Gasteiger partial charge < -0.3 is 5.11 Å². The highest BCUT2D eigenvalue weighted by molar-refractivity contribution is 7.80. The topological polar surface area (TPSA) is 20.2 Å². The lowest BCUT2D eigenvalue weighted by Crippen LogP contribution is -1.87. The molecule has 0 saturated heterocycles. The molecule has 0 fully saturated rings. The fourth-order valence-electron chi connectivity index (χ4n) is 1.17. The summed E-state index contributed by atoms with van der Waals surface area (Å²) >= 11 is 9.69. The van der Waals surface area contributed by atoms with Crippen LogP contribution in [0.1, 0.15) is 18.4 Å². The number of thiol groups is 1. The summed E-state index contributed by atoms with van der Waals surface area (Å²) in [4.78, 5) is 0.790. The van der Waals surface area contributed by atoms with Crippen molar-refractivity contribution in [3.63, 3.8) is 0 Å². The summed E-state index contributed by atoms with van der Waals surface area (Å²) < 4.78 is 0. The van der Waals surface area contributed by atoms with Crippen LogP contribution >= 0.6 is 24.2 Å². The van der Waals surface area contributed by atoms with Crippen LogP contribution in [0.5, 0.6) is 5.75 Å². The van der Waals surface area contributed by atoms with Crippen LogP contribution in [0.2, 0.25) is 0 Å². The number of aryl methyl sites for hydroxylation is 1. The molecular weight excluding hydrogens is 204 g/mol. The Balaban J connectivity index is 2.56. The molecule has 0 heterocycles. The maximum Gasteiger partial charge on any atom is 0.119 e. The van der Waals surface area contributed by atoms with Gasteiger partial charge in [0.1, 0.15) is 5.75 Å². The predicted molar refractivity (Wildman–Crippen MR) is 59.0 cm³/mol. The van der Waals surface area contributed by atoms with Crippen molar-refractivity contribution >= 4 is 24.2 Å². The first kappa shape index (κ1) is 10.7. The lowest BCUT2D eigenvalue weighted by molar-refractivity contribution is 0.465. The summed E-state index contributed by atoms with van der Waals surface area (Å²) in [6, 6.07) is 5.46. The third-order valence-corrected chi connectivity index (χ3v) is 2.44. The highest BCUT2D eigenvalue weighted by atomic mass is 35.5. The Morgan fingerprint density at radius 1 is 1.31 bits per heavy atom. The summed E-state index contributed by atoms with van der Waals surface area (Å²) in [5, 5.41) is 9.51.